The van der Waals surface area contributed by atoms with E-state index >= 15 is 0 Å². The Morgan fingerprint density at radius 1 is 1.00 bits per heavy atom. The Labute approximate surface area is 154 Å². The van der Waals surface area contributed by atoms with Crippen LogP contribution in [-0.2, 0) is 6.54 Å². The number of hydrogen-bond donors (Lipinski definition) is 1. The first-order valence-electron chi connectivity index (χ1n) is 8.33. The van der Waals surface area contributed by atoms with Gasteiger partial charge in [-0.25, -0.2) is 9.50 Å². The summed E-state index contributed by atoms with van der Waals surface area (Å²) in [7, 11) is 0. The molecule has 0 atom stereocenters. The summed E-state index contributed by atoms with van der Waals surface area (Å²) in [6, 6.07) is 18.7. The third-order valence-corrected chi connectivity index (χ3v) is 5.14. The van der Waals surface area contributed by atoms with E-state index in [1.54, 1.807) is 17.5 Å². The molecule has 1 N–H and O–H groups in total. The van der Waals surface area contributed by atoms with E-state index in [4.69, 9.17) is 4.98 Å². The smallest absolute Gasteiger partial charge is 0.214 e. The third kappa shape index (κ3) is 2.80. The average molecular weight is 357 g/mol. The fraction of sp³-hybridized carbons (Fsp3) is 0.0500. The van der Waals surface area contributed by atoms with Gasteiger partial charge in [-0.05, 0) is 28.5 Å². The maximum atomic E-state index is 4.73. The third-order valence-electron chi connectivity index (χ3n) is 4.25. The second-order valence-electron chi connectivity index (χ2n) is 6.04. The lowest BCUT2D eigenvalue weighted by molar-refractivity contribution is 0.961. The molecule has 0 spiro atoms. The molecule has 0 radical (unpaired) electrons. The zero-order valence-electron chi connectivity index (χ0n) is 13.8. The van der Waals surface area contributed by atoms with Gasteiger partial charge in [-0.15, -0.1) is 5.10 Å². The van der Waals surface area contributed by atoms with Gasteiger partial charge in [0.15, 0.2) is 0 Å². The van der Waals surface area contributed by atoms with Gasteiger partial charge in [0.2, 0.25) is 10.1 Å². The number of fused-ring (bicyclic) bond motifs is 2. The average Bonchev–Trinajstić information content (AvgIpc) is 3.26. The second kappa shape index (κ2) is 6.24. The van der Waals surface area contributed by atoms with Crippen molar-refractivity contribution in [3.05, 3.63) is 78.8 Å². The molecule has 126 valence electrons. The van der Waals surface area contributed by atoms with Crippen LogP contribution in [0.2, 0.25) is 0 Å². The van der Waals surface area contributed by atoms with Crippen LogP contribution in [0.1, 0.15) is 5.56 Å². The number of aromatic nitrogens is 4. The molecule has 0 amide bonds. The first kappa shape index (κ1) is 15.0. The minimum absolute atomic E-state index is 0.696. The predicted octanol–water partition coefficient (Wildman–Crippen LogP) is 4.62. The molecule has 3 heterocycles. The van der Waals surface area contributed by atoms with Crippen molar-refractivity contribution in [3.8, 4) is 11.3 Å². The van der Waals surface area contributed by atoms with Gasteiger partial charge >= 0.3 is 0 Å². The van der Waals surface area contributed by atoms with Crippen molar-refractivity contribution < 1.29 is 0 Å². The molecular weight excluding hydrogens is 342 g/mol. The number of nitrogens with zero attached hydrogens (tertiary/aromatic N) is 4. The topological polar surface area (TPSA) is 55.1 Å². The first-order chi connectivity index (χ1) is 12.8. The van der Waals surface area contributed by atoms with Crippen LogP contribution in [0.4, 0.5) is 5.13 Å². The summed E-state index contributed by atoms with van der Waals surface area (Å²) in [5, 5.41) is 11.2. The Morgan fingerprint density at radius 2 is 1.92 bits per heavy atom. The van der Waals surface area contributed by atoms with E-state index in [-0.39, 0.29) is 0 Å². The lowest BCUT2D eigenvalue weighted by Gasteiger charge is -2.01. The highest BCUT2D eigenvalue weighted by Gasteiger charge is 2.10. The number of anilines is 1. The fourth-order valence-corrected chi connectivity index (χ4v) is 3.72. The molecule has 5 aromatic rings. The number of imidazole rings is 1. The maximum absolute atomic E-state index is 4.73. The van der Waals surface area contributed by atoms with E-state index < -0.39 is 0 Å². The van der Waals surface area contributed by atoms with E-state index in [0.29, 0.717) is 6.54 Å². The van der Waals surface area contributed by atoms with Crippen LogP contribution in [-0.4, -0.2) is 19.6 Å². The molecule has 5 rings (SSSR count). The molecule has 5 nitrogen and oxygen atoms in total. The summed E-state index contributed by atoms with van der Waals surface area (Å²) in [6.07, 6.45) is 5.60. The summed E-state index contributed by atoms with van der Waals surface area (Å²) >= 11 is 1.54. The second-order valence-corrected chi connectivity index (χ2v) is 6.99. The molecule has 6 heteroatoms. The van der Waals surface area contributed by atoms with Gasteiger partial charge in [-0.1, -0.05) is 53.8 Å². The molecule has 3 aromatic heterocycles. The normalized spacial score (nSPS) is 11.2. The summed E-state index contributed by atoms with van der Waals surface area (Å²) in [6.45, 7) is 0.696. The van der Waals surface area contributed by atoms with Gasteiger partial charge in [0.1, 0.15) is 0 Å². The molecule has 2 aromatic carbocycles. The van der Waals surface area contributed by atoms with Crippen molar-refractivity contribution in [1.29, 1.82) is 0 Å². The van der Waals surface area contributed by atoms with Crippen LogP contribution in [0.25, 0.3) is 27.0 Å². The Kier molecular flexibility index (Phi) is 3.61. The maximum Gasteiger partial charge on any atom is 0.214 e. The van der Waals surface area contributed by atoms with Crippen LogP contribution in [0, 0.1) is 0 Å². The molecule has 0 fully saturated rings. The highest BCUT2D eigenvalue weighted by molar-refractivity contribution is 7.20. The summed E-state index contributed by atoms with van der Waals surface area (Å²) < 4.78 is 1.83. The highest BCUT2D eigenvalue weighted by Crippen LogP contribution is 2.27. The number of rotatable bonds is 4. The van der Waals surface area contributed by atoms with Gasteiger partial charge in [0.25, 0.3) is 0 Å². The predicted molar refractivity (Wildman–Crippen MR) is 105 cm³/mol. The number of nitrogens with one attached hydrogen (secondary N) is 1. The van der Waals surface area contributed by atoms with Crippen LogP contribution < -0.4 is 5.32 Å². The van der Waals surface area contributed by atoms with Crippen molar-refractivity contribution in [3.63, 3.8) is 0 Å². The largest absolute Gasteiger partial charge is 0.356 e. The summed E-state index contributed by atoms with van der Waals surface area (Å²) in [5.41, 5.74) is 3.16. The fourth-order valence-electron chi connectivity index (χ4n) is 2.94. The molecule has 0 aliphatic heterocycles. The van der Waals surface area contributed by atoms with E-state index in [1.165, 1.54) is 10.8 Å². The Bertz CT molecular complexity index is 1160. The summed E-state index contributed by atoms with van der Waals surface area (Å²) in [4.78, 5) is 9.73. The van der Waals surface area contributed by atoms with Gasteiger partial charge in [0, 0.05) is 24.5 Å². The zero-order valence-corrected chi connectivity index (χ0v) is 14.6. The van der Waals surface area contributed by atoms with Crippen molar-refractivity contribution in [2.45, 2.75) is 6.54 Å². The molecule has 0 saturated heterocycles. The molecule has 0 unspecified atom stereocenters. The lowest BCUT2D eigenvalue weighted by atomic mass is 10.1. The van der Waals surface area contributed by atoms with Gasteiger partial charge in [-0.2, -0.15) is 0 Å². The minimum Gasteiger partial charge on any atom is -0.356 e. The van der Waals surface area contributed by atoms with Crippen LogP contribution in [0.3, 0.4) is 0 Å². The monoisotopic (exact) mass is 357 g/mol. The molecule has 0 aliphatic carbocycles. The number of hydrogen-bond acceptors (Lipinski definition) is 5. The van der Waals surface area contributed by atoms with E-state index in [0.717, 1.165) is 26.9 Å². The lowest BCUT2D eigenvalue weighted by Crippen LogP contribution is -1.99. The van der Waals surface area contributed by atoms with Gasteiger partial charge in [-0.3, -0.25) is 4.98 Å². The number of benzene rings is 2. The molecular formula is C20H15N5S. The Balaban J connectivity index is 1.40. The minimum atomic E-state index is 0.696. The highest BCUT2D eigenvalue weighted by atomic mass is 32.1. The molecule has 26 heavy (non-hydrogen) atoms. The van der Waals surface area contributed by atoms with Crippen molar-refractivity contribution in [1.82, 2.24) is 19.6 Å². The summed E-state index contributed by atoms with van der Waals surface area (Å²) in [5.74, 6) is 0. The van der Waals surface area contributed by atoms with E-state index in [1.807, 2.05) is 29.0 Å². The standard InChI is InChI=1S/C20H15N5S/c1-2-6-16-10-17(8-7-15(16)5-1)18-13-25-20(23-18)26-19(24-25)22-12-14-4-3-9-21-11-14/h1-11,13H,12H2,(H,22,24). The van der Waals surface area contributed by atoms with Crippen LogP contribution >= 0.6 is 11.3 Å². The number of pyridine rings is 1. The van der Waals surface area contributed by atoms with Crippen LogP contribution in [0.15, 0.2) is 73.2 Å². The van der Waals surface area contributed by atoms with E-state index in [2.05, 4.69) is 57.9 Å². The van der Waals surface area contributed by atoms with Gasteiger partial charge < -0.3 is 5.32 Å². The first-order valence-corrected chi connectivity index (χ1v) is 9.15. The van der Waals surface area contributed by atoms with Crippen molar-refractivity contribution in [2.24, 2.45) is 0 Å². The van der Waals surface area contributed by atoms with Crippen molar-refractivity contribution >= 4 is 32.2 Å². The molecule has 0 saturated carbocycles. The van der Waals surface area contributed by atoms with E-state index in [9.17, 15) is 0 Å². The van der Waals surface area contributed by atoms with Crippen LogP contribution in [0.5, 0.6) is 0 Å². The Hall–Kier alpha value is -3.25. The van der Waals surface area contributed by atoms with Gasteiger partial charge in [0.05, 0.1) is 11.9 Å². The molecule has 0 aliphatic rings. The SMILES string of the molecule is c1cncc(CNc2nn3cc(-c4ccc5ccccc5c4)nc3s2)c1. The van der Waals surface area contributed by atoms with Crippen molar-refractivity contribution in [2.75, 3.05) is 5.32 Å². The quantitative estimate of drug-likeness (QED) is 0.510. The Morgan fingerprint density at radius 3 is 2.77 bits per heavy atom. The zero-order chi connectivity index (χ0) is 17.3. The molecule has 0 bridgehead atoms.